The van der Waals surface area contributed by atoms with Crippen molar-refractivity contribution < 1.29 is 9.53 Å². The number of nitrogens with one attached hydrogen (secondary N) is 1. The molecule has 24 heavy (non-hydrogen) atoms. The molecule has 0 saturated heterocycles. The van der Waals surface area contributed by atoms with Crippen LogP contribution in [0.25, 0.3) is 0 Å². The molecule has 1 aliphatic carbocycles. The lowest BCUT2D eigenvalue weighted by atomic mass is 9.80. The lowest BCUT2D eigenvalue weighted by Crippen LogP contribution is -2.33. The van der Waals surface area contributed by atoms with Crippen LogP contribution < -0.4 is 10.1 Å². The summed E-state index contributed by atoms with van der Waals surface area (Å²) in [7, 11) is 0. The van der Waals surface area contributed by atoms with E-state index in [0.29, 0.717) is 5.92 Å². The summed E-state index contributed by atoms with van der Waals surface area (Å²) in [6, 6.07) is 7.53. The van der Waals surface area contributed by atoms with Gasteiger partial charge in [-0.2, -0.15) is 0 Å². The van der Waals surface area contributed by atoms with E-state index in [1.165, 1.54) is 44.9 Å². The minimum Gasteiger partial charge on any atom is -0.494 e. The lowest BCUT2D eigenvalue weighted by Gasteiger charge is -2.28. The molecule has 0 radical (unpaired) electrons. The number of hydrogen-bond donors (Lipinski definition) is 1. The predicted molar refractivity (Wildman–Crippen MR) is 99.5 cm³/mol. The van der Waals surface area contributed by atoms with Gasteiger partial charge in [-0.3, -0.25) is 4.79 Å². The SMILES string of the molecule is CCCCCCOc1ccc(C(=O)NCC2CCCC[C@@H]2C)cc1. The Labute approximate surface area is 147 Å². The first kappa shape index (κ1) is 18.8. The van der Waals surface area contributed by atoms with Crippen molar-refractivity contribution in [3.05, 3.63) is 29.8 Å². The van der Waals surface area contributed by atoms with Crippen LogP contribution in [0, 0.1) is 11.8 Å². The molecule has 134 valence electrons. The van der Waals surface area contributed by atoms with Crippen molar-refractivity contribution in [1.29, 1.82) is 0 Å². The fourth-order valence-electron chi connectivity index (χ4n) is 3.44. The Bertz CT molecular complexity index is 483. The van der Waals surface area contributed by atoms with Crippen molar-refractivity contribution in [3.63, 3.8) is 0 Å². The molecule has 1 aliphatic rings. The third-order valence-corrected chi connectivity index (χ3v) is 5.20. The van der Waals surface area contributed by atoms with E-state index in [1.807, 2.05) is 24.3 Å². The van der Waals surface area contributed by atoms with Gasteiger partial charge in [0.15, 0.2) is 0 Å². The van der Waals surface area contributed by atoms with Crippen LogP contribution in [0.4, 0.5) is 0 Å². The monoisotopic (exact) mass is 331 g/mol. The van der Waals surface area contributed by atoms with E-state index in [1.54, 1.807) is 0 Å². The van der Waals surface area contributed by atoms with Crippen LogP contribution in [0.5, 0.6) is 5.75 Å². The van der Waals surface area contributed by atoms with E-state index >= 15 is 0 Å². The molecular weight excluding hydrogens is 298 g/mol. The summed E-state index contributed by atoms with van der Waals surface area (Å²) in [5, 5.41) is 3.11. The van der Waals surface area contributed by atoms with E-state index in [0.717, 1.165) is 36.8 Å². The van der Waals surface area contributed by atoms with Crippen molar-refractivity contribution in [2.45, 2.75) is 65.2 Å². The second-order valence-corrected chi connectivity index (χ2v) is 7.17. The van der Waals surface area contributed by atoms with Crippen LogP contribution in [0.2, 0.25) is 0 Å². The summed E-state index contributed by atoms with van der Waals surface area (Å²) in [5.74, 6) is 2.24. The minimum atomic E-state index is 0.0299. The molecule has 1 saturated carbocycles. The smallest absolute Gasteiger partial charge is 0.251 e. The topological polar surface area (TPSA) is 38.3 Å². The average molecular weight is 332 g/mol. The van der Waals surface area contributed by atoms with Crippen LogP contribution in [0.3, 0.4) is 0 Å². The Morgan fingerprint density at radius 3 is 2.58 bits per heavy atom. The quantitative estimate of drug-likeness (QED) is 0.631. The van der Waals surface area contributed by atoms with Gasteiger partial charge >= 0.3 is 0 Å². The summed E-state index contributed by atoms with van der Waals surface area (Å²) < 4.78 is 5.72. The number of unbranched alkanes of at least 4 members (excludes halogenated alkanes) is 3. The van der Waals surface area contributed by atoms with Crippen LogP contribution in [-0.2, 0) is 0 Å². The number of benzene rings is 1. The molecule has 0 heterocycles. The Hall–Kier alpha value is -1.51. The van der Waals surface area contributed by atoms with Gasteiger partial charge in [0, 0.05) is 12.1 Å². The number of carbonyl (C=O) groups is 1. The molecule has 1 aromatic rings. The van der Waals surface area contributed by atoms with Gasteiger partial charge in [-0.05, 0) is 48.9 Å². The molecule has 1 fully saturated rings. The first-order valence-corrected chi connectivity index (χ1v) is 9.71. The maximum absolute atomic E-state index is 12.3. The van der Waals surface area contributed by atoms with Gasteiger partial charge in [0.2, 0.25) is 0 Å². The maximum atomic E-state index is 12.3. The zero-order valence-corrected chi connectivity index (χ0v) is 15.4. The summed E-state index contributed by atoms with van der Waals surface area (Å²) in [4.78, 5) is 12.3. The maximum Gasteiger partial charge on any atom is 0.251 e. The summed E-state index contributed by atoms with van der Waals surface area (Å²) in [5.41, 5.74) is 0.719. The standard InChI is InChI=1S/C21H33NO2/c1-3-4-5-8-15-24-20-13-11-18(12-14-20)21(23)22-16-19-10-7-6-9-17(19)2/h11-14,17,19H,3-10,15-16H2,1-2H3,(H,22,23)/t17-,19?/m0/s1. The van der Waals surface area contributed by atoms with Crippen LogP contribution in [0.1, 0.15) is 75.6 Å². The third-order valence-electron chi connectivity index (χ3n) is 5.20. The number of carbonyl (C=O) groups excluding carboxylic acids is 1. The molecule has 0 spiro atoms. The summed E-state index contributed by atoms with van der Waals surface area (Å²) >= 11 is 0. The van der Waals surface area contributed by atoms with Gasteiger partial charge < -0.3 is 10.1 Å². The van der Waals surface area contributed by atoms with Gasteiger partial charge in [-0.25, -0.2) is 0 Å². The van der Waals surface area contributed by atoms with E-state index in [-0.39, 0.29) is 5.91 Å². The minimum absolute atomic E-state index is 0.0299. The molecule has 1 aromatic carbocycles. The zero-order valence-electron chi connectivity index (χ0n) is 15.4. The van der Waals surface area contributed by atoms with E-state index in [4.69, 9.17) is 4.74 Å². The average Bonchev–Trinajstić information content (AvgIpc) is 2.61. The Balaban J connectivity index is 1.72. The van der Waals surface area contributed by atoms with Gasteiger partial charge in [0.25, 0.3) is 5.91 Å². The van der Waals surface area contributed by atoms with Crippen molar-refractivity contribution in [3.8, 4) is 5.75 Å². The Morgan fingerprint density at radius 2 is 1.88 bits per heavy atom. The van der Waals surface area contributed by atoms with Gasteiger partial charge in [0.05, 0.1) is 6.61 Å². The second kappa shape index (κ2) is 10.4. The molecular formula is C21H33NO2. The summed E-state index contributed by atoms with van der Waals surface area (Å²) in [6.45, 7) is 6.07. The number of hydrogen-bond acceptors (Lipinski definition) is 2. The predicted octanol–water partition coefficient (Wildman–Crippen LogP) is 5.20. The van der Waals surface area contributed by atoms with Crippen molar-refractivity contribution >= 4 is 5.91 Å². The molecule has 0 bridgehead atoms. The molecule has 1 amide bonds. The highest BCUT2D eigenvalue weighted by Crippen LogP contribution is 2.28. The van der Waals surface area contributed by atoms with Crippen LogP contribution in [0.15, 0.2) is 24.3 Å². The lowest BCUT2D eigenvalue weighted by molar-refractivity contribution is 0.0936. The molecule has 0 aromatic heterocycles. The van der Waals surface area contributed by atoms with Gasteiger partial charge in [0.1, 0.15) is 5.75 Å². The molecule has 3 heteroatoms. The highest BCUT2D eigenvalue weighted by atomic mass is 16.5. The zero-order chi connectivity index (χ0) is 17.2. The van der Waals surface area contributed by atoms with Crippen molar-refractivity contribution in [2.75, 3.05) is 13.2 Å². The van der Waals surface area contributed by atoms with Crippen molar-refractivity contribution in [1.82, 2.24) is 5.32 Å². The number of rotatable bonds is 9. The first-order valence-electron chi connectivity index (χ1n) is 9.71. The Kier molecular flexibility index (Phi) is 8.14. The van der Waals surface area contributed by atoms with E-state index in [2.05, 4.69) is 19.2 Å². The third kappa shape index (κ3) is 6.18. The van der Waals surface area contributed by atoms with E-state index < -0.39 is 0 Å². The molecule has 3 nitrogen and oxygen atoms in total. The highest BCUT2D eigenvalue weighted by molar-refractivity contribution is 5.94. The number of amides is 1. The molecule has 0 aliphatic heterocycles. The fraction of sp³-hybridized carbons (Fsp3) is 0.667. The second-order valence-electron chi connectivity index (χ2n) is 7.17. The van der Waals surface area contributed by atoms with Crippen LogP contribution >= 0.6 is 0 Å². The van der Waals surface area contributed by atoms with Crippen LogP contribution in [-0.4, -0.2) is 19.1 Å². The molecule has 2 rings (SSSR count). The molecule has 2 atom stereocenters. The molecule has 1 unspecified atom stereocenters. The largest absolute Gasteiger partial charge is 0.494 e. The van der Waals surface area contributed by atoms with Gasteiger partial charge in [-0.1, -0.05) is 52.4 Å². The summed E-state index contributed by atoms with van der Waals surface area (Å²) in [6.07, 6.45) is 10.00. The Morgan fingerprint density at radius 1 is 1.12 bits per heavy atom. The van der Waals surface area contributed by atoms with Crippen molar-refractivity contribution in [2.24, 2.45) is 11.8 Å². The van der Waals surface area contributed by atoms with Gasteiger partial charge in [-0.15, -0.1) is 0 Å². The van der Waals surface area contributed by atoms with E-state index in [9.17, 15) is 4.79 Å². The fourth-order valence-corrected chi connectivity index (χ4v) is 3.44. The normalized spacial score (nSPS) is 20.6. The number of ether oxygens (including phenoxy) is 1. The highest BCUT2D eigenvalue weighted by Gasteiger charge is 2.21. The molecule has 1 N–H and O–H groups in total. The first-order chi connectivity index (χ1) is 11.7.